The van der Waals surface area contributed by atoms with Crippen molar-refractivity contribution in [2.75, 3.05) is 19.6 Å². The lowest BCUT2D eigenvalue weighted by atomic mass is 10.1. The number of rotatable bonds is 5. The van der Waals surface area contributed by atoms with Crippen LogP contribution < -0.4 is 10.5 Å². The van der Waals surface area contributed by atoms with E-state index in [2.05, 4.69) is 4.72 Å². The van der Waals surface area contributed by atoms with Crippen molar-refractivity contribution in [2.45, 2.75) is 30.7 Å². The lowest BCUT2D eigenvalue weighted by molar-refractivity contribution is -0.119. The van der Waals surface area contributed by atoms with Gasteiger partial charge in [-0.2, -0.15) is 0 Å². The predicted octanol–water partition coefficient (Wildman–Crippen LogP) is 0.362. The van der Waals surface area contributed by atoms with E-state index in [1.807, 2.05) is 4.90 Å². The number of carbonyl (C=O) groups excluding carboxylic acids is 1. The molecular formula is C14H20FN3O3S. The topological polar surface area (TPSA) is 92.5 Å². The van der Waals surface area contributed by atoms with Crippen molar-refractivity contribution in [3.8, 4) is 0 Å². The summed E-state index contributed by atoms with van der Waals surface area (Å²) in [4.78, 5) is 12.7. The Balaban J connectivity index is 2.00. The zero-order chi connectivity index (χ0) is 16.3. The molecule has 6 nitrogen and oxygen atoms in total. The Hall–Kier alpha value is -1.51. The van der Waals surface area contributed by atoms with E-state index in [1.54, 1.807) is 6.92 Å². The second kappa shape index (κ2) is 6.72. The fourth-order valence-corrected chi connectivity index (χ4v) is 3.99. The van der Waals surface area contributed by atoms with Gasteiger partial charge in [0, 0.05) is 19.1 Å². The molecule has 3 N–H and O–H groups in total. The number of amides is 1. The van der Waals surface area contributed by atoms with Gasteiger partial charge in [0.1, 0.15) is 5.82 Å². The van der Waals surface area contributed by atoms with Crippen molar-refractivity contribution in [3.63, 3.8) is 0 Å². The van der Waals surface area contributed by atoms with Crippen LogP contribution in [0.5, 0.6) is 0 Å². The summed E-state index contributed by atoms with van der Waals surface area (Å²) in [7, 11) is -3.75. The SMILES string of the molecule is Cc1cc(F)cc(S(=O)(=O)NC2CCN(CC(N)=O)CC2)c1. The third-order valence-corrected chi connectivity index (χ3v) is 5.11. The molecule has 1 aromatic rings. The number of hydrogen-bond acceptors (Lipinski definition) is 4. The molecule has 1 aromatic carbocycles. The maximum absolute atomic E-state index is 13.4. The van der Waals surface area contributed by atoms with Gasteiger partial charge in [-0.15, -0.1) is 0 Å². The van der Waals surface area contributed by atoms with Gasteiger partial charge in [-0.1, -0.05) is 0 Å². The van der Waals surface area contributed by atoms with Gasteiger partial charge in [0.25, 0.3) is 0 Å². The highest BCUT2D eigenvalue weighted by Gasteiger charge is 2.25. The fourth-order valence-electron chi connectivity index (χ4n) is 2.57. The first-order valence-electron chi connectivity index (χ1n) is 7.06. The van der Waals surface area contributed by atoms with Gasteiger partial charge in [0.05, 0.1) is 11.4 Å². The van der Waals surface area contributed by atoms with Gasteiger partial charge in [0.15, 0.2) is 0 Å². The van der Waals surface area contributed by atoms with E-state index < -0.39 is 21.7 Å². The average Bonchev–Trinajstić information content (AvgIpc) is 2.39. The Morgan fingerprint density at radius 3 is 2.55 bits per heavy atom. The molecule has 1 fully saturated rings. The van der Waals surface area contributed by atoms with Crippen molar-refractivity contribution < 1.29 is 17.6 Å². The van der Waals surface area contributed by atoms with Crippen molar-refractivity contribution >= 4 is 15.9 Å². The number of hydrogen-bond donors (Lipinski definition) is 2. The molecule has 1 aliphatic heterocycles. The maximum Gasteiger partial charge on any atom is 0.240 e. The van der Waals surface area contributed by atoms with E-state index in [1.165, 1.54) is 12.1 Å². The van der Waals surface area contributed by atoms with E-state index in [9.17, 15) is 17.6 Å². The lowest BCUT2D eigenvalue weighted by Crippen LogP contribution is -2.46. The molecule has 0 spiro atoms. The number of halogens is 1. The molecule has 0 radical (unpaired) electrons. The standard InChI is InChI=1S/C14H20FN3O3S/c1-10-6-11(15)8-13(7-10)22(20,21)17-12-2-4-18(5-3-12)9-14(16)19/h6-8,12,17H,2-5,9H2,1H3,(H2,16,19). The quantitative estimate of drug-likeness (QED) is 0.816. The van der Waals surface area contributed by atoms with Crippen LogP contribution >= 0.6 is 0 Å². The summed E-state index contributed by atoms with van der Waals surface area (Å²) < 4.78 is 40.6. The average molecular weight is 329 g/mol. The van der Waals surface area contributed by atoms with E-state index in [0.717, 1.165) is 6.07 Å². The van der Waals surface area contributed by atoms with Gasteiger partial charge in [-0.05, 0) is 43.5 Å². The lowest BCUT2D eigenvalue weighted by Gasteiger charge is -2.31. The summed E-state index contributed by atoms with van der Waals surface area (Å²) in [6, 6.07) is 3.50. The number of nitrogens with two attached hydrogens (primary N) is 1. The van der Waals surface area contributed by atoms with Crippen LogP contribution in [0.1, 0.15) is 18.4 Å². The molecule has 1 aliphatic rings. The Bertz CT molecular complexity index is 635. The second-order valence-corrected chi connectivity index (χ2v) is 7.32. The molecule has 2 rings (SSSR count). The second-order valence-electron chi connectivity index (χ2n) is 5.60. The van der Waals surface area contributed by atoms with Gasteiger partial charge in [-0.25, -0.2) is 17.5 Å². The number of sulfonamides is 1. The van der Waals surface area contributed by atoms with E-state index >= 15 is 0 Å². The molecule has 22 heavy (non-hydrogen) atoms. The number of carbonyl (C=O) groups is 1. The summed E-state index contributed by atoms with van der Waals surface area (Å²) >= 11 is 0. The zero-order valence-corrected chi connectivity index (χ0v) is 13.2. The largest absolute Gasteiger partial charge is 0.369 e. The van der Waals surface area contributed by atoms with Crippen LogP contribution in [0, 0.1) is 12.7 Å². The summed E-state index contributed by atoms with van der Waals surface area (Å²) in [5.41, 5.74) is 5.69. The molecule has 0 aromatic heterocycles. The molecule has 1 heterocycles. The third-order valence-electron chi connectivity index (χ3n) is 3.61. The van der Waals surface area contributed by atoms with Gasteiger partial charge < -0.3 is 5.73 Å². The Morgan fingerprint density at radius 2 is 2.00 bits per heavy atom. The van der Waals surface area contributed by atoms with Crippen LogP contribution in [0.3, 0.4) is 0 Å². The highest BCUT2D eigenvalue weighted by Crippen LogP contribution is 2.17. The van der Waals surface area contributed by atoms with Crippen LogP contribution in [0.25, 0.3) is 0 Å². The molecule has 1 amide bonds. The molecule has 1 saturated heterocycles. The van der Waals surface area contributed by atoms with Crippen LogP contribution in [-0.2, 0) is 14.8 Å². The fraction of sp³-hybridized carbons (Fsp3) is 0.500. The van der Waals surface area contributed by atoms with Crippen molar-refractivity contribution in [1.29, 1.82) is 0 Å². The Kier molecular flexibility index (Phi) is 5.15. The normalized spacial score (nSPS) is 17.5. The molecule has 0 atom stereocenters. The zero-order valence-electron chi connectivity index (χ0n) is 12.4. The minimum absolute atomic E-state index is 0.0652. The summed E-state index contributed by atoms with van der Waals surface area (Å²) in [6.07, 6.45) is 1.17. The van der Waals surface area contributed by atoms with Crippen LogP contribution in [0.2, 0.25) is 0 Å². The van der Waals surface area contributed by atoms with E-state index in [4.69, 9.17) is 5.73 Å². The molecule has 0 aliphatic carbocycles. The number of primary amides is 1. The smallest absolute Gasteiger partial charge is 0.240 e. The number of likely N-dealkylation sites (tertiary alicyclic amines) is 1. The van der Waals surface area contributed by atoms with Crippen molar-refractivity contribution in [3.05, 3.63) is 29.6 Å². The predicted molar refractivity (Wildman–Crippen MR) is 80.1 cm³/mol. The third kappa shape index (κ3) is 4.49. The Morgan fingerprint density at radius 1 is 1.36 bits per heavy atom. The van der Waals surface area contributed by atoms with Crippen LogP contribution in [-0.4, -0.2) is 44.9 Å². The number of piperidine rings is 1. The molecule has 122 valence electrons. The first-order valence-corrected chi connectivity index (χ1v) is 8.55. The van der Waals surface area contributed by atoms with E-state index in [0.29, 0.717) is 31.5 Å². The minimum atomic E-state index is -3.75. The van der Waals surface area contributed by atoms with Gasteiger partial charge in [-0.3, -0.25) is 9.69 Å². The van der Waals surface area contributed by atoms with Gasteiger partial charge in [0.2, 0.25) is 15.9 Å². The van der Waals surface area contributed by atoms with Crippen LogP contribution in [0.4, 0.5) is 4.39 Å². The highest BCUT2D eigenvalue weighted by molar-refractivity contribution is 7.89. The summed E-state index contributed by atoms with van der Waals surface area (Å²) in [5, 5.41) is 0. The number of benzene rings is 1. The molecule has 0 saturated carbocycles. The maximum atomic E-state index is 13.4. The van der Waals surface area contributed by atoms with Crippen molar-refractivity contribution in [1.82, 2.24) is 9.62 Å². The van der Waals surface area contributed by atoms with E-state index in [-0.39, 0.29) is 17.5 Å². The first-order chi connectivity index (χ1) is 10.3. The van der Waals surface area contributed by atoms with Crippen LogP contribution in [0.15, 0.2) is 23.1 Å². The minimum Gasteiger partial charge on any atom is -0.369 e. The molecular weight excluding hydrogens is 309 g/mol. The van der Waals surface area contributed by atoms with Gasteiger partial charge >= 0.3 is 0 Å². The summed E-state index contributed by atoms with van der Waals surface area (Å²) in [5.74, 6) is -0.967. The first kappa shape index (κ1) is 16.9. The monoisotopic (exact) mass is 329 g/mol. The molecule has 0 bridgehead atoms. The highest BCUT2D eigenvalue weighted by atomic mass is 32.2. The number of aryl methyl sites for hydroxylation is 1. The Labute approximate surface area is 129 Å². The van der Waals surface area contributed by atoms with Crippen molar-refractivity contribution in [2.24, 2.45) is 5.73 Å². The molecule has 0 unspecified atom stereocenters. The number of nitrogens with zero attached hydrogens (tertiary/aromatic N) is 1. The summed E-state index contributed by atoms with van der Waals surface area (Å²) in [6.45, 7) is 3.02. The number of nitrogens with one attached hydrogen (secondary N) is 1. The molecule has 8 heteroatoms.